The van der Waals surface area contributed by atoms with Gasteiger partial charge in [-0.15, -0.1) is 11.3 Å². The number of halogens is 1. The van der Waals surface area contributed by atoms with E-state index in [1.165, 1.54) is 11.3 Å². The Morgan fingerprint density at radius 2 is 2.45 bits per heavy atom. The zero-order chi connectivity index (χ0) is 13.8. The van der Waals surface area contributed by atoms with E-state index >= 15 is 0 Å². The molecule has 3 heterocycles. The largest absolute Gasteiger partial charge is 0.380 e. The standard InChI is InChI=1S/C15H23FN2OS/c16-12-7-14(8-17-13-3-1-5-19-11-13)18(9-12)10-15-4-2-6-20-15/h2,4,6,12-14,17H,1,3,5,7-11H2/t12-,13+,14-/m0/s1. The lowest BCUT2D eigenvalue weighted by Crippen LogP contribution is -2.44. The molecule has 0 amide bonds. The molecule has 3 rings (SSSR count). The smallest absolute Gasteiger partial charge is 0.114 e. The predicted molar refractivity (Wildman–Crippen MR) is 79.9 cm³/mol. The molecule has 0 saturated carbocycles. The quantitative estimate of drug-likeness (QED) is 0.903. The zero-order valence-corrected chi connectivity index (χ0v) is 12.6. The predicted octanol–water partition coefficient (Wildman–Crippen LogP) is 2.43. The number of ether oxygens (including phenoxy) is 1. The Kier molecular flexibility index (Phi) is 5.04. The van der Waals surface area contributed by atoms with Gasteiger partial charge in [-0.1, -0.05) is 6.07 Å². The number of hydrogen-bond donors (Lipinski definition) is 1. The van der Waals surface area contributed by atoms with Crippen molar-refractivity contribution in [3.63, 3.8) is 0 Å². The van der Waals surface area contributed by atoms with Gasteiger partial charge >= 0.3 is 0 Å². The fourth-order valence-electron chi connectivity index (χ4n) is 3.14. The molecular weight excluding hydrogens is 275 g/mol. The van der Waals surface area contributed by atoms with E-state index in [1.54, 1.807) is 11.3 Å². The van der Waals surface area contributed by atoms with Crippen LogP contribution < -0.4 is 5.32 Å². The van der Waals surface area contributed by atoms with E-state index in [9.17, 15) is 4.39 Å². The summed E-state index contributed by atoms with van der Waals surface area (Å²) < 4.78 is 19.2. The summed E-state index contributed by atoms with van der Waals surface area (Å²) >= 11 is 1.75. The minimum Gasteiger partial charge on any atom is -0.380 e. The van der Waals surface area contributed by atoms with Crippen molar-refractivity contribution in [2.24, 2.45) is 0 Å². The van der Waals surface area contributed by atoms with Gasteiger partial charge in [0.25, 0.3) is 0 Å². The summed E-state index contributed by atoms with van der Waals surface area (Å²) in [5.74, 6) is 0. The van der Waals surface area contributed by atoms with Gasteiger partial charge < -0.3 is 10.1 Å². The molecule has 5 heteroatoms. The Labute approximate surface area is 124 Å². The van der Waals surface area contributed by atoms with Crippen molar-refractivity contribution in [1.82, 2.24) is 10.2 Å². The van der Waals surface area contributed by atoms with E-state index < -0.39 is 6.17 Å². The lowest BCUT2D eigenvalue weighted by molar-refractivity contribution is 0.0677. The van der Waals surface area contributed by atoms with Crippen LogP contribution in [0.2, 0.25) is 0 Å². The first-order valence-electron chi connectivity index (χ1n) is 7.53. The van der Waals surface area contributed by atoms with Crippen LogP contribution in [0.4, 0.5) is 4.39 Å². The van der Waals surface area contributed by atoms with Crippen LogP contribution in [0.5, 0.6) is 0 Å². The third kappa shape index (κ3) is 3.79. The molecule has 0 aromatic carbocycles. The second-order valence-corrected chi connectivity index (χ2v) is 6.85. The van der Waals surface area contributed by atoms with Gasteiger partial charge in [0.15, 0.2) is 0 Å². The minimum absolute atomic E-state index is 0.314. The SMILES string of the molecule is F[C@H]1C[C@@H](CN[C@@H]2CCCOC2)N(Cc2cccs2)C1. The first kappa shape index (κ1) is 14.4. The summed E-state index contributed by atoms with van der Waals surface area (Å²) in [5.41, 5.74) is 0. The molecule has 0 unspecified atom stereocenters. The molecule has 0 bridgehead atoms. The lowest BCUT2D eigenvalue weighted by atomic mass is 10.1. The van der Waals surface area contributed by atoms with Crippen LogP contribution in [0, 0.1) is 0 Å². The van der Waals surface area contributed by atoms with E-state index in [1.807, 2.05) is 0 Å². The number of hydrogen-bond acceptors (Lipinski definition) is 4. The normalized spacial score (nSPS) is 31.8. The van der Waals surface area contributed by atoms with Crippen molar-refractivity contribution in [3.05, 3.63) is 22.4 Å². The summed E-state index contributed by atoms with van der Waals surface area (Å²) in [4.78, 5) is 3.61. The van der Waals surface area contributed by atoms with Gasteiger partial charge in [-0.25, -0.2) is 4.39 Å². The van der Waals surface area contributed by atoms with E-state index in [0.29, 0.717) is 25.0 Å². The highest BCUT2D eigenvalue weighted by molar-refractivity contribution is 7.09. The van der Waals surface area contributed by atoms with Gasteiger partial charge in [-0.2, -0.15) is 0 Å². The molecule has 0 spiro atoms. The third-order valence-electron chi connectivity index (χ3n) is 4.22. The number of thiophene rings is 1. The molecule has 2 aliphatic heterocycles. The monoisotopic (exact) mass is 298 g/mol. The van der Waals surface area contributed by atoms with Crippen molar-refractivity contribution in [2.45, 2.75) is 44.1 Å². The maximum atomic E-state index is 13.7. The van der Waals surface area contributed by atoms with E-state index in [2.05, 4.69) is 27.7 Å². The van der Waals surface area contributed by atoms with Gasteiger partial charge in [0.1, 0.15) is 6.17 Å². The van der Waals surface area contributed by atoms with Crippen molar-refractivity contribution in [2.75, 3.05) is 26.3 Å². The van der Waals surface area contributed by atoms with Crippen molar-refractivity contribution >= 4 is 11.3 Å². The number of nitrogens with zero attached hydrogens (tertiary/aromatic N) is 1. The highest BCUT2D eigenvalue weighted by Gasteiger charge is 2.32. The fourth-order valence-corrected chi connectivity index (χ4v) is 3.86. The summed E-state index contributed by atoms with van der Waals surface area (Å²) in [5, 5.41) is 5.65. The molecule has 0 aliphatic carbocycles. The number of likely N-dealkylation sites (tertiary alicyclic amines) is 1. The van der Waals surface area contributed by atoms with Crippen LogP contribution in [0.1, 0.15) is 24.1 Å². The van der Waals surface area contributed by atoms with Crippen molar-refractivity contribution in [1.29, 1.82) is 0 Å². The van der Waals surface area contributed by atoms with Crippen LogP contribution in [0.15, 0.2) is 17.5 Å². The van der Waals surface area contributed by atoms with Gasteiger partial charge in [0.05, 0.1) is 6.61 Å². The molecule has 112 valence electrons. The first-order valence-corrected chi connectivity index (χ1v) is 8.41. The molecule has 2 saturated heterocycles. The average molecular weight is 298 g/mol. The molecule has 1 aromatic rings. The summed E-state index contributed by atoms with van der Waals surface area (Å²) in [6, 6.07) is 4.96. The molecule has 2 aliphatic rings. The topological polar surface area (TPSA) is 24.5 Å². The first-order chi connectivity index (χ1) is 9.81. The Morgan fingerprint density at radius 3 is 3.20 bits per heavy atom. The van der Waals surface area contributed by atoms with Crippen LogP contribution in [-0.2, 0) is 11.3 Å². The molecule has 0 radical (unpaired) electrons. The highest BCUT2D eigenvalue weighted by Crippen LogP contribution is 2.24. The third-order valence-corrected chi connectivity index (χ3v) is 5.08. The van der Waals surface area contributed by atoms with Crippen LogP contribution in [0.3, 0.4) is 0 Å². The van der Waals surface area contributed by atoms with Crippen molar-refractivity contribution < 1.29 is 9.13 Å². The second kappa shape index (κ2) is 6.98. The number of rotatable bonds is 5. The average Bonchev–Trinajstić information content (AvgIpc) is 3.08. The molecule has 3 nitrogen and oxygen atoms in total. The Hall–Kier alpha value is -0.490. The van der Waals surface area contributed by atoms with Gasteiger partial charge in [-0.05, 0) is 30.7 Å². The van der Waals surface area contributed by atoms with Crippen molar-refractivity contribution in [3.8, 4) is 0 Å². The summed E-state index contributed by atoms with van der Waals surface area (Å²) in [6.07, 6.45) is 2.29. The molecule has 20 heavy (non-hydrogen) atoms. The Bertz CT molecular complexity index is 395. The van der Waals surface area contributed by atoms with Crippen LogP contribution in [0.25, 0.3) is 0 Å². The molecule has 1 aromatic heterocycles. The lowest BCUT2D eigenvalue weighted by Gasteiger charge is -2.28. The van der Waals surface area contributed by atoms with Gasteiger partial charge in [0.2, 0.25) is 0 Å². The summed E-state index contributed by atoms with van der Waals surface area (Å²) in [7, 11) is 0. The highest BCUT2D eigenvalue weighted by atomic mass is 32.1. The zero-order valence-electron chi connectivity index (χ0n) is 11.8. The number of alkyl halides is 1. The minimum atomic E-state index is -0.677. The summed E-state index contributed by atoms with van der Waals surface area (Å²) in [6.45, 7) is 4.02. The molecule has 1 N–H and O–H groups in total. The van der Waals surface area contributed by atoms with E-state index in [-0.39, 0.29) is 0 Å². The van der Waals surface area contributed by atoms with Crippen LogP contribution >= 0.6 is 11.3 Å². The molecular formula is C15H23FN2OS. The maximum absolute atomic E-state index is 13.7. The van der Waals surface area contributed by atoms with Gasteiger partial charge in [-0.3, -0.25) is 4.90 Å². The maximum Gasteiger partial charge on any atom is 0.114 e. The number of nitrogens with one attached hydrogen (secondary N) is 1. The fraction of sp³-hybridized carbons (Fsp3) is 0.733. The van der Waals surface area contributed by atoms with Gasteiger partial charge in [0, 0.05) is 43.2 Å². The van der Waals surface area contributed by atoms with E-state index in [0.717, 1.165) is 32.7 Å². The Balaban J connectivity index is 1.50. The Morgan fingerprint density at radius 1 is 1.50 bits per heavy atom. The van der Waals surface area contributed by atoms with E-state index in [4.69, 9.17) is 4.74 Å². The second-order valence-electron chi connectivity index (χ2n) is 5.82. The van der Waals surface area contributed by atoms with Crippen LogP contribution in [-0.4, -0.2) is 49.5 Å². The molecule has 2 fully saturated rings. The molecule has 3 atom stereocenters.